The van der Waals surface area contributed by atoms with E-state index in [0.717, 1.165) is 81.3 Å². The number of piperazine rings is 1. The Morgan fingerprint density at radius 2 is 1.60 bits per heavy atom. The maximum atomic E-state index is 13.6. The van der Waals surface area contributed by atoms with Gasteiger partial charge >= 0.3 is 0 Å². The zero-order valence-corrected chi connectivity index (χ0v) is 36.2. The Labute approximate surface area is 376 Å². The Kier molecular flexibility index (Phi) is 13.1. The van der Waals surface area contributed by atoms with Crippen LogP contribution < -0.4 is 21.1 Å². The van der Waals surface area contributed by atoms with Gasteiger partial charge in [-0.15, -0.1) is 0 Å². The zero-order chi connectivity index (χ0) is 44.9. The lowest BCUT2D eigenvalue weighted by molar-refractivity contribution is -0.136. The maximum Gasteiger partial charge on any atom is 0.264 e. The smallest absolute Gasteiger partial charge is 0.264 e. The molecule has 3 fully saturated rings. The number of aromatic nitrogens is 4. The Morgan fingerprint density at radius 1 is 0.831 bits per heavy atom. The van der Waals surface area contributed by atoms with E-state index in [1.165, 1.54) is 6.33 Å². The molecule has 4 N–H and O–H groups in total. The quantitative estimate of drug-likeness (QED) is 0.0947. The van der Waals surface area contributed by atoms with E-state index in [9.17, 15) is 24.0 Å². The summed E-state index contributed by atoms with van der Waals surface area (Å²) in [4.78, 5) is 80.7. The van der Waals surface area contributed by atoms with Gasteiger partial charge in [-0.05, 0) is 80.8 Å². The number of carbonyl (C=O) groups excluding carboxylic acids is 5. The van der Waals surface area contributed by atoms with Crippen LogP contribution in [0.15, 0.2) is 79.1 Å². The molecule has 5 aromatic rings. The average molecular weight is 884 g/mol. The third-order valence-corrected chi connectivity index (χ3v) is 12.6. The second kappa shape index (κ2) is 19.5. The highest BCUT2D eigenvalue weighted by atomic mass is 16.5. The molecule has 9 rings (SSSR count). The Balaban J connectivity index is 0.689. The molecule has 65 heavy (non-hydrogen) atoms. The number of hydrogen-bond donors (Lipinski definition) is 3. The van der Waals surface area contributed by atoms with Crippen molar-refractivity contribution in [3.8, 4) is 22.8 Å². The maximum absolute atomic E-state index is 13.6. The fraction of sp³-hybridized carbons (Fsp3) is 0.404. The number of likely N-dealkylation sites (tertiary alicyclic amines) is 1. The van der Waals surface area contributed by atoms with Crippen LogP contribution >= 0.6 is 0 Å². The van der Waals surface area contributed by atoms with Crippen molar-refractivity contribution >= 4 is 52.1 Å². The fourth-order valence-electron chi connectivity index (χ4n) is 9.20. The van der Waals surface area contributed by atoms with Gasteiger partial charge in [-0.1, -0.05) is 24.3 Å². The van der Waals surface area contributed by atoms with E-state index in [-0.39, 0.29) is 35.9 Å². The molecule has 6 heterocycles. The van der Waals surface area contributed by atoms with Gasteiger partial charge in [0, 0.05) is 76.5 Å². The minimum atomic E-state index is -1.01. The van der Waals surface area contributed by atoms with Crippen molar-refractivity contribution in [1.29, 1.82) is 0 Å². The SMILES string of the molecule is Nc1ncnc2c1c(-c1ccc(Oc3ccccc3)cc1)nn2C1CCCN(C(=O)CCCN2CCN(CCOCCNc3cccc4c3C(=O)N(C3CCC(=O)NC3=O)C4=O)CC2)C1. The van der Waals surface area contributed by atoms with E-state index in [4.69, 9.17) is 20.3 Å². The van der Waals surface area contributed by atoms with Crippen LogP contribution in [-0.2, 0) is 19.1 Å². The molecule has 3 aromatic carbocycles. The van der Waals surface area contributed by atoms with Gasteiger partial charge in [0.2, 0.25) is 17.7 Å². The molecule has 0 bridgehead atoms. The molecule has 5 amide bonds. The number of hydrogen-bond acceptors (Lipinski definition) is 14. The first kappa shape index (κ1) is 43.5. The van der Waals surface area contributed by atoms with Crippen LogP contribution in [0.3, 0.4) is 0 Å². The highest BCUT2D eigenvalue weighted by Crippen LogP contribution is 2.36. The van der Waals surface area contributed by atoms with Gasteiger partial charge in [0.15, 0.2) is 5.65 Å². The number of para-hydroxylation sites is 1. The number of rotatable bonds is 16. The first-order chi connectivity index (χ1) is 31.7. The summed E-state index contributed by atoms with van der Waals surface area (Å²) in [5.41, 5.74) is 9.62. The van der Waals surface area contributed by atoms with Crippen LogP contribution in [-0.4, -0.2) is 147 Å². The minimum Gasteiger partial charge on any atom is -0.457 e. The topological polar surface area (TPSA) is 210 Å². The summed E-state index contributed by atoms with van der Waals surface area (Å²) in [6.45, 7) is 7.98. The van der Waals surface area contributed by atoms with E-state index >= 15 is 0 Å². The largest absolute Gasteiger partial charge is 0.457 e. The fourth-order valence-corrected chi connectivity index (χ4v) is 9.20. The number of piperidine rings is 2. The average Bonchev–Trinajstić information content (AvgIpc) is 3.84. The highest BCUT2D eigenvalue weighted by molar-refractivity contribution is 6.25. The second-order valence-corrected chi connectivity index (χ2v) is 16.8. The summed E-state index contributed by atoms with van der Waals surface area (Å²) >= 11 is 0. The van der Waals surface area contributed by atoms with Gasteiger partial charge in [-0.2, -0.15) is 5.10 Å². The van der Waals surface area contributed by atoms with Gasteiger partial charge in [0.25, 0.3) is 11.8 Å². The molecule has 4 aliphatic heterocycles. The standard InChI is InChI=1S/C47H53N11O7/c48-43-41-42(31-13-15-34(16-14-31)65-33-8-2-1-3-9-33)53-58(44(41)51-30-50-43)32-7-5-21-56(29-32)39(60)12-6-20-54-22-24-55(25-23-54)26-28-64-27-19-49-36-11-4-10-35-40(36)47(63)57(46(35)62)37-17-18-38(59)52-45(37)61/h1-4,8-11,13-16,30,32,37,49H,5-7,12,17-29H2,(H2,48,50,51)(H,52,59,61). The van der Waals surface area contributed by atoms with Crippen molar-refractivity contribution < 1.29 is 33.4 Å². The number of anilines is 2. The van der Waals surface area contributed by atoms with Crippen molar-refractivity contribution in [3.05, 3.63) is 90.3 Å². The van der Waals surface area contributed by atoms with Crippen LogP contribution in [0.4, 0.5) is 11.5 Å². The summed E-state index contributed by atoms with van der Waals surface area (Å²) < 4.78 is 13.8. The van der Waals surface area contributed by atoms with Crippen molar-refractivity contribution in [1.82, 2.24) is 44.7 Å². The molecule has 0 aliphatic carbocycles. The molecule has 2 unspecified atom stereocenters. The summed E-state index contributed by atoms with van der Waals surface area (Å²) in [6, 6.07) is 21.3. The molecule has 3 saturated heterocycles. The summed E-state index contributed by atoms with van der Waals surface area (Å²) in [7, 11) is 0. The van der Waals surface area contributed by atoms with Crippen LogP contribution in [0.1, 0.15) is 65.3 Å². The molecule has 0 radical (unpaired) electrons. The molecular weight excluding hydrogens is 831 g/mol. The Bertz CT molecular complexity index is 2560. The van der Waals surface area contributed by atoms with Gasteiger partial charge in [-0.25, -0.2) is 14.6 Å². The molecule has 2 atom stereocenters. The normalized spacial score (nSPS) is 19.4. The summed E-state index contributed by atoms with van der Waals surface area (Å²) in [5, 5.41) is 11.2. The third-order valence-electron chi connectivity index (χ3n) is 12.6. The number of benzene rings is 3. The molecular formula is C47H53N11O7. The number of nitrogen functional groups attached to an aromatic ring is 1. The van der Waals surface area contributed by atoms with Crippen LogP contribution in [0.25, 0.3) is 22.3 Å². The van der Waals surface area contributed by atoms with Crippen molar-refractivity contribution in [2.75, 3.05) is 83.2 Å². The number of nitrogens with two attached hydrogens (primary N) is 1. The zero-order valence-electron chi connectivity index (χ0n) is 36.2. The lowest BCUT2D eigenvalue weighted by atomic mass is 10.0. The molecule has 338 valence electrons. The van der Waals surface area contributed by atoms with Gasteiger partial charge in [0.1, 0.15) is 35.4 Å². The summed E-state index contributed by atoms with van der Waals surface area (Å²) in [5.74, 6) is -0.141. The Morgan fingerprint density at radius 3 is 2.38 bits per heavy atom. The van der Waals surface area contributed by atoms with Gasteiger partial charge in [-0.3, -0.25) is 39.1 Å². The Hall–Kier alpha value is -6.76. The highest BCUT2D eigenvalue weighted by Gasteiger charge is 2.45. The van der Waals surface area contributed by atoms with Crippen molar-refractivity contribution in [3.63, 3.8) is 0 Å². The monoisotopic (exact) mass is 883 g/mol. The number of amides is 5. The van der Waals surface area contributed by atoms with Gasteiger partial charge < -0.3 is 30.3 Å². The number of nitrogens with zero attached hydrogens (tertiary/aromatic N) is 8. The molecule has 18 heteroatoms. The molecule has 2 aromatic heterocycles. The molecule has 0 spiro atoms. The molecule has 0 saturated carbocycles. The number of imide groups is 2. The van der Waals surface area contributed by atoms with E-state index < -0.39 is 29.7 Å². The predicted octanol–water partition coefficient (Wildman–Crippen LogP) is 3.96. The summed E-state index contributed by atoms with van der Waals surface area (Å²) in [6.07, 6.45) is 4.66. The van der Waals surface area contributed by atoms with Crippen molar-refractivity contribution in [2.24, 2.45) is 0 Å². The third kappa shape index (κ3) is 9.55. The van der Waals surface area contributed by atoms with Crippen LogP contribution in [0.2, 0.25) is 0 Å². The van der Waals surface area contributed by atoms with Crippen molar-refractivity contribution in [2.45, 2.75) is 50.6 Å². The van der Waals surface area contributed by atoms with E-state index in [2.05, 4.69) is 30.4 Å². The van der Waals surface area contributed by atoms with Crippen LogP contribution in [0, 0.1) is 0 Å². The molecule has 4 aliphatic rings. The number of fused-ring (bicyclic) bond motifs is 2. The number of carbonyl (C=O) groups is 5. The first-order valence-corrected chi connectivity index (χ1v) is 22.4. The lowest BCUT2D eigenvalue weighted by Gasteiger charge is -2.35. The minimum absolute atomic E-state index is 0.0469. The van der Waals surface area contributed by atoms with E-state index in [0.29, 0.717) is 66.7 Å². The molecule has 18 nitrogen and oxygen atoms in total. The lowest BCUT2D eigenvalue weighted by Crippen LogP contribution is -2.54. The number of nitrogens with one attached hydrogen (secondary N) is 2. The van der Waals surface area contributed by atoms with E-state index in [1.54, 1.807) is 18.2 Å². The predicted molar refractivity (Wildman–Crippen MR) is 241 cm³/mol. The first-order valence-electron chi connectivity index (χ1n) is 22.4. The van der Waals surface area contributed by atoms with Gasteiger partial charge in [0.05, 0.1) is 35.8 Å². The number of ether oxygens (including phenoxy) is 2. The van der Waals surface area contributed by atoms with Crippen LogP contribution in [0.5, 0.6) is 11.5 Å². The van der Waals surface area contributed by atoms with E-state index in [1.807, 2.05) is 64.2 Å². The second-order valence-electron chi connectivity index (χ2n) is 16.8.